The molecule has 0 aliphatic rings. The molecular formula is C16H12F3N3O. The first-order chi connectivity index (χ1) is 10.9. The number of hydrogen-bond acceptors (Lipinski definition) is 2. The van der Waals surface area contributed by atoms with Gasteiger partial charge in [-0.1, -0.05) is 6.07 Å². The second-order valence-electron chi connectivity index (χ2n) is 5.05. The Morgan fingerprint density at radius 1 is 1.17 bits per heavy atom. The number of amides is 1. The molecular weight excluding hydrogens is 307 g/mol. The molecule has 7 heteroatoms. The summed E-state index contributed by atoms with van der Waals surface area (Å²) < 4.78 is 37.3. The second-order valence-corrected chi connectivity index (χ2v) is 5.05. The van der Waals surface area contributed by atoms with E-state index < -0.39 is 11.9 Å². The van der Waals surface area contributed by atoms with E-state index in [4.69, 9.17) is 0 Å². The largest absolute Gasteiger partial charge is 0.433 e. The van der Waals surface area contributed by atoms with Gasteiger partial charge in [0.25, 0.3) is 0 Å². The van der Waals surface area contributed by atoms with E-state index in [0.717, 1.165) is 28.7 Å². The summed E-state index contributed by atoms with van der Waals surface area (Å²) in [5.74, 6) is -0.318. The van der Waals surface area contributed by atoms with E-state index in [9.17, 15) is 18.0 Å². The second kappa shape index (κ2) is 5.75. The number of aromatic nitrogens is 2. The fourth-order valence-electron chi connectivity index (χ4n) is 2.24. The van der Waals surface area contributed by atoms with Crippen molar-refractivity contribution >= 4 is 22.5 Å². The topological polar surface area (TPSA) is 57.8 Å². The highest BCUT2D eigenvalue weighted by Crippen LogP contribution is 2.27. The van der Waals surface area contributed by atoms with Gasteiger partial charge in [-0.3, -0.25) is 4.79 Å². The number of H-pyrrole nitrogens is 1. The van der Waals surface area contributed by atoms with Crippen LogP contribution in [0.2, 0.25) is 0 Å². The minimum Gasteiger partial charge on any atom is -0.361 e. The molecule has 118 valence electrons. The molecule has 2 aromatic heterocycles. The lowest BCUT2D eigenvalue weighted by Gasteiger charge is -2.08. The molecule has 3 rings (SSSR count). The van der Waals surface area contributed by atoms with Crippen LogP contribution < -0.4 is 5.32 Å². The highest BCUT2D eigenvalue weighted by Gasteiger charge is 2.32. The predicted octanol–water partition coefficient (Wildman–Crippen LogP) is 3.76. The smallest absolute Gasteiger partial charge is 0.361 e. The zero-order valence-corrected chi connectivity index (χ0v) is 11.8. The van der Waals surface area contributed by atoms with Crippen LogP contribution in [0.5, 0.6) is 0 Å². The number of nitrogens with zero attached hydrogens (tertiary/aromatic N) is 1. The number of alkyl halides is 3. The quantitative estimate of drug-likeness (QED) is 0.772. The molecule has 0 radical (unpaired) electrons. The van der Waals surface area contributed by atoms with Crippen LogP contribution in [0.4, 0.5) is 18.9 Å². The van der Waals surface area contributed by atoms with Crippen LogP contribution in [0.3, 0.4) is 0 Å². The van der Waals surface area contributed by atoms with Gasteiger partial charge in [0.05, 0.1) is 18.3 Å². The van der Waals surface area contributed by atoms with Gasteiger partial charge in [0.1, 0.15) is 5.69 Å². The first kappa shape index (κ1) is 15.1. The zero-order valence-electron chi connectivity index (χ0n) is 11.8. The molecule has 0 atom stereocenters. The summed E-state index contributed by atoms with van der Waals surface area (Å²) >= 11 is 0. The molecule has 0 saturated carbocycles. The maximum Gasteiger partial charge on any atom is 0.433 e. The maximum absolute atomic E-state index is 12.4. The molecule has 0 saturated heterocycles. The van der Waals surface area contributed by atoms with Crippen LogP contribution in [0, 0.1) is 0 Å². The standard InChI is InChI=1S/C16H12F3N3O/c17-16(18,19)14-4-2-12(9-21-14)22-15(23)8-10-1-3-13-11(7-10)5-6-20-13/h1-7,9,20H,8H2,(H,22,23). The average Bonchev–Trinajstić information content (AvgIpc) is 2.94. The predicted molar refractivity (Wildman–Crippen MR) is 79.9 cm³/mol. The SMILES string of the molecule is O=C(Cc1ccc2[nH]ccc2c1)Nc1ccc(C(F)(F)F)nc1. The van der Waals surface area contributed by atoms with Crippen molar-refractivity contribution in [2.24, 2.45) is 0 Å². The summed E-state index contributed by atoms with van der Waals surface area (Å²) in [5, 5.41) is 3.53. The summed E-state index contributed by atoms with van der Waals surface area (Å²) in [4.78, 5) is 18.3. The van der Waals surface area contributed by atoms with Gasteiger partial charge in [0.2, 0.25) is 5.91 Å². The van der Waals surface area contributed by atoms with E-state index in [2.05, 4.69) is 15.3 Å². The van der Waals surface area contributed by atoms with Crippen LogP contribution in [0.1, 0.15) is 11.3 Å². The number of aromatic amines is 1. The number of fused-ring (bicyclic) bond motifs is 1. The lowest BCUT2D eigenvalue weighted by Crippen LogP contribution is -2.15. The van der Waals surface area contributed by atoms with Crippen LogP contribution in [-0.2, 0) is 17.4 Å². The number of carbonyl (C=O) groups is 1. The van der Waals surface area contributed by atoms with Crippen molar-refractivity contribution < 1.29 is 18.0 Å². The Kier molecular flexibility index (Phi) is 3.77. The minimum absolute atomic E-state index is 0.127. The molecule has 1 amide bonds. The Balaban J connectivity index is 1.66. The van der Waals surface area contributed by atoms with E-state index in [0.29, 0.717) is 0 Å². The Labute approximate surface area is 129 Å². The van der Waals surface area contributed by atoms with Crippen molar-refractivity contribution in [3.63, 3.8) is 0 Å². The van der Waals surface area contributed by atoms with Gasteiger partial charge in [-0.2, -0.15) is 13.2 Å². The molecule has 3 aromatic rings. The number of pyridine rings is 1. The highest BCUT2D eigenvalue weighted by atomic mass is 19.4. The Hall–Kier alpha value is -2.83. The van der Waals surface area contributed by atoms with E-state index >= 15 is 0 Å². The number of benzene rings is 1. The molecule has 0 aliphatic heterocycles. The molecule has 2 heterocycles. The van der Waals surface area contributed by atoms with E-state index in [1.807, 2.05) is 30.5 Å². The zero-order chi connectivity index (χ0) is 16.4. The number of nitrogens with one attached hydrogen (secondary N) is 2. The number of rotatable bonds is 3. The molecule has 0 spiro atoms. The van der Waals surface area contributed by atoms with Crippen LogP contribution in [0.15, 0.2) is 48.8 Å². The third-order valence-electron chi connectivity index (χ3n) is 3.32. The molecule has 0 fully saturated rings. The van der Waals surface area contributed by atoms with Crippen LogP contribution in [-0.4, -0.2) is 15.9 Å². The Morgan fingerprint density at radius 3 is 2.70 bits per heavy atom. The van der Waals surface area contributed by atoms with Gasteiger partial charge in [0.15, 0.2) is 0 Å². The van der Waals surface area contributed by atoms with Crippen molar-refractivity contribution in [2.75, 3.05) is 5.32 Å². The van der Waals surface area contributed by atoms with Gasteiger partial charge >= 0.3 is 6.18 Å². The summed E-state index contributed by atoms with van der Waals surface area (Å²) in [6.07, 6.45) is -1.56. The summed E-state index contributed by atoms with van der Waals surface area (Å²) in [6.45, 7) is 0. The summed E-state index contributed by atoms with van der Waals surface area (Å²) in [6, 6.07) is 9.50. The third kappa shape index (κ3) is 3.50. The number of halogens is 3. The fraction of sp³-hybridized carbons (Fsp3) is 0.125. The minimum atomic E-state index is -4.49. The average molecular weight is 319 g/mol. The summed E-state index contributed by atoms with van der Waals surface area (Å²) in [5.41, 5.74) is 1.02. The Bertz CT molecular complexity index is 838. The fourth-order valence-corrected chi connectivity index (χ4v) is 2.24. The van der Waals surface area contributed by atoms with E-state index in [1.54, 1.807) is 0 Å². The van der Waals surface area contributed by atoms with Crippen LogP contribution >= 0.6 is 0 Å². The first-order valence-corrected chi connectivity index (χ1v) is 6.81. The lowest BCUT2D eigenvalue weighted by atomic mass is 10.1. The number of carbonyl (C=O) groups excluding carboxylic acids is 1. The molecule has 4 nitrogen and oxygen atoms in total. The Morgan fingerprint density at radius 2 is 2.00 bits per heavy atom. The van der Waals surface area contributed by atoms with Gasteiger partial charge in [0, 0.05) is 11.7 Å². The molecule has 0 aliphatic carbocycles. The van der Waals surface area contributed by atoms with E-state index in [1.165, 1.54) is 6.07 Å². The van der Waals surface area contributed by atoms with Crippen molar-refractivity contribution in [1.82, 2.24) is 9.97 Å². The van der Waals surface area contributed by atoms with Crippen molar-refractivity contribution in [2.45, 2.75) is 12.6 Å². The van der Waals surface area contributed by atoms with Gasteiger partial charge in [-0.15, -0.1) is 0 Å². The first-order valence-electron chi connectivity index (χ1n) is 6.81. The van der Waals surface area contributed by atoms with Gasteiger partial charge in [-0.05, 0) is 41.3 Å². The normalized spacial score (nSPS) is 11.6. The summed E-state index contributed by atoms with van der Waals surface area (Å²) in [7, 11) is 0. The van der Waals surface area contributed by atoms with Gasteiger partial charge < -0.3 is 10.3 Å². The third-order valence-corrected chi connectivity index (χ3v) is 3.32. The monoisotopic (exact) mass is 319 g/mol. The van der Waals surface area contributed by atoms with Gasteiger partial charge in [-0.25, -0.2) is 4.98 Å². The number of anilines is 1. The van der Waals surface area contributed by atoms with Crippen molar-refractivity contribution in [3.05, 3.63) is 60.0 Å². The molecule has 1 aromatic carbocycles. The van der Waals surface area contributed by atoms with Crippen molar-refractivity contribution in [3.8, 4) is 0 Å². The molecule has 0 unspecified atom stereocenters. The highest BCUT2D eigenvalue weighted by molar-refractivity contribution is 5.92. The van der Waals surface area contributed by atoms with Crippen molar-refractivity contribution in [1.29, 1.82) is 0 Å². The molecule has 2 N–H and O–H groups in total. The maximum atomic E-state index is 12.4. The number of hydrogen-bond donors (Lipinski definition) is 2. The lowest BCUT2D eigenvalue weighted by molar-refractivity contribution is -0.141. The van der Waals surface area contributed by atoms with Crippen LogP contribution in [0.25, 0.3) is 10.9 Å². The van der Waals surface area contributed by atoms with E-state index in [-0.39, 0.29) is 18.0 Å². The molecule has 23 heavy (non-hydrogen) atoms. The molecule has 0 bridgehead atoms.